The van der Waals surface area contributed by atoms with Crippen LogP contribution in [-0.2, 0) is 11.3 Å². The zero-order valence-electron chi connectivity index (χ0n) is 15.6. The number of hydrogen-bond acceptors (Lipinski definition) is 4. The first kappa shape index (κ1) is 17.9. The number of halogens is 1. The molecule has 2 unspecified atom stereocenters. The lowest BCUT2D eigenvalue weighted by molar-refractivity contribution is -0.122. The van der Waals surface area contributed by atoms with Gasteiger partial charge >= 0.3 is 0 Å². The molecule has 1 aromatic heterocycles. The second-order valence-corrected chi connectivity index (χ2v) is 7.50. The molecule has 1 aliphatic carbocycles. The van der Waals surface area contributed by atoms with Crippen LogP contribution in [0, 0.1) is 11.7 Å². The van der Waals surface area contributed by atoms with Crippen LogP contribution in [0.25, 0.3) is 0 Å². The Morgan fingerprint density at radius 1 is 1.19 bits per heavy atom. The minimum Gasteiger partial charge on any atom is -0.354 e. The van der Waals surface area contributed by atoms with Crippen LogP contribution < -0.4 is 10.2 Å². The molecule has 4 rings (SSSR count). The third kappa shape index (κ3) is 4.11. The lowest BCUT2D eigenvalue weighted by Gasteiger charge is -2.33. The van der Waals surface area contributed by atoms with Crippen LogP contribution in [0.2, 0.25) is 0 Å². The van der Waals surface area contributed by atoms with Crippen LogP contribution in [0.4, 0.5) is 10.2 Å². The molecule has 5 nitrogen and oxygen atoms in total. The monoisotopic (exact) mass is 368 g/mol. The smallest absolute Gasteiger partial charge is 0.224 e. The first-order valence-corrected chi connectivity index (χ1v) is 9.52. The maximum absolute atomic E-state index is 13.8. The number of aromatic nitrogens is 1. The van der Waals surface area contributed by atoms with E-state index in [4.69, 9.17) is 0 Å². The molecule has 2 aromatic rings. The van der Waals surface area contributed by atoms with Crippen LogP contribution in [0.15, 0.2) is 42.6 Å². The summed E-state index contributed by atoms with van der Waals surface area (Å²) in [6.07, 6.45) is 2.54. The van der Waals surface area contributed by atoms with Crippen LogP contribution in [0.3, 0.4) is 0 Å². The van der Waals surface area contributed by atoms with Gasteiger partial charge in [-0.05, 0) is 42.6 Å². The van der Waals surface area contributed by atoms with Crippen molar-refractivity contribution in [2.24, 2.45) is 5.92 Å². The standard InChI is InChI=1S/C21H25FN4O/c1-25-8-10-26(11-9-25)20-7-6-15(13-23-20)14-24-21(27)18-12-17(18)16-4-2-3-5-19(16)22/h2-7,13,17-18H,8-12,14H2,1H3,(H,24,27). The second-order valence-electron chi connectivity index (χ2n) is 7.50. The minimum absolute atomic E-state index is 0.00364. The van der Waals surface area contributed by atoms with Crippen molar-refractivity contribution in [1.29, 1.82) is 0 Å². The van der Waals surface area contributed by atoms with Crippen LogP contribution in [0.5, 0.6) is 0 Å². The maximum Gasteiger partial charge on any atom is 0.224 e. The van der Waals surface area contributed by atoms with Crippen molar-refractivity contribution >= 4 is 11.7 Å². The van der Waals surface area contributed by atoms with E-state index in [-0.39, 0.29) is 23.6 Å². The highest BCUT2D eigenvalue weighted by Crippen LogP contribution is 2.48. The molecule has 1 amide bonds. The summed E-state index contributed by atoms with van der Waals surface area (Å²) < 4.78 is 13.8. The Labute approximate surface area is 159 Å². The third-order valence-corrected chi connectivity index (χ3v) is 5.54. The first-order valence-electron chi connectivity index (χ1n) is 9.52. The molecule has 142 valence electrons. The van der Waals surface area contributed by atoms with Crippen LogP contribution in [-0.4, -0.2) is 49.0 Å². The van der Waals surface area contributed by atoms with Gasteiger partial charge in [-0.3, -0.25) is 4.79 Å². The fraction of sp³-hybridized carbons (Fsp3) is 0.429. The molecule has 1 aromatic carbocycles. The SMILES string of the molecule is CN1CCN(c2ccc(CNC(=O)C3CC3c3ccccc3F)cn2)CC1. The fourth-order valence-electron chi connectivity index (χ4n) is 3.67. The van der Waals surface area contributed by atoms with Crippen molar-refractivity contribution in [2.45, 2.75) is 18.9 Å². The number of likely N-dealkylation sites (N-methyl/N-ethyl adjacent to an activating group) is 1. The van der Waals surface area contributed by atoms with Crippen molar-refractivity contribution in [1.82, 2.24) is 15.2 Å². The number of carbonyl (C=O) groups excluding carboxylic acids is 1. The number of benzene rings is 1. The number of hydrogen-bond donors (Lipinski definition) is 1. The fourth-order valence-corrected chi connectivity index (χ4v) is 3.67. The summed E-state index contributed by atoms with van der Waals surface area (Å²) in [4.78, 5) is 21.5. The van der Waals surface area contributed by atoms with Crippen LogP contribution in [0.1, 0.15) is 23.5 Å². The molecule has 27 heavy (non-hydrogen) atoms. The van der Waals surface area contributed by atoms with E-state index in [0.29, 0.717) is 18.5 Å². The number of nitrogens with one attached hydrogen (secondary N) is 1. The van der Waals surface area contributed by atoms with Crippen LogP contribution >= 0.6 is 0 Å². The van der Waals surface area contributed by atoms with Crippen molar-refractivity contribution in [3.63, 3.8) is 0 Å². The molecule has 2 aliphatic rings. The van der Waals surface area contributed by atoms with E-state index in [9.17, 15) is 9.18 Å². The van der Waals surface area contributed by atoms with Gasteiger partial charge in [0.25, 0.3) is 0 Å². The Morgan fingerprint density at radius 2 is 1.96 bits per heavy atom. The van der Waals surface area contributed by atoms with E-state index in [1.807, 2.05) is 24.4 Å². The highest BCUT2D eigenvalue weighted by Gasteiger charge is 2.44. The van der Waals surface area contributed by atoms with Crippen molar-refractivity contribution in [2.75, 3.05) is 38.1 Å². The number of anilines is 1. The highest BCUT2D eigenvalue weighted by molar-refractivity contribution is 5.82. The second kappa shape index (κ2) is 7.64. The van der Waals surface area contributed by atoms with Gasteiger partial charge < -0.3 is 15.1 Å². The zero-order valence-corrected chi connectivity index (χ0v) is 15.6. The summed E-state index contributed by atoms with van der Waals surface area (Å²) in [6.45, 7) is 4.51. The third-order valence-electron chi connectivity index (χ3n) is 5.54. The number of nitrogens with zero attached hydrogens (tertiary/aromatic N) is 3. The molecule has 6 heteroatoms. The van der Waals surface area contributed by atoms with E-state index in [1.165, 1.54) is 6.07 Å². The van der Waals surface area contributed by atoms with E-state index in [2.05, 4.69) is 27.1 Å². The average molecular weight is 368 g/mol. The molecule has 1 N–H and O–H groups in total. The molecule has 2 heterocycles. The highest BCUT2D eigenvalue weighted by atomic mass is 19.1. The summed E-state index contributed by atoms with van der Waals surface area (Å²) >= 11 is 0. The Hall–Kier alpha value is -2.47. The summed E-state index contributed by atoms with van der Waals surface area (Å²) in [5.74, 6) is 0.635. The molecule has 1 saturated heterocycles. The number of pyridine rings is 1. The van der Waals surface area contributed by atoms with Crippen molar-refractivity contribution < 1.29 is 9.18 Å². The quantitative estimate of drug-likeness (QED) is 0.880. The van der Waals surface area contributed by atoms with Gasteiger partial charge in [0, 0.05) is 44.8 Å². The predicted molar refractivity (Wildman–Crippen MR) is 103 cm³/mol. The number of amides is 1. The van der Waals surface area contributed by atoms with Gasteiger partial charge in [-0.25, -0.2) is 9.37 Å². The topological polar surface area (TPSA) is 48.5 Å². The lowest BCUT2D eigenvalue weighted by Crippen LogP contribution is -2.44. The normalized spacial score (nSPS) is 22.5. The van der Waals surface area contributed by atoms with Gasteiger partial charge in [0.15, 0.2) is 0 Å². The Balaban J connectivity index is 1.28. The molecule has 1 aliphatic heterocycles. The van der Waals surface area contributed by atoms with E-state index in [1.54, 1.807) is 12.1 Å². The van der Waals surface area contributed by atoms with Gasteiger partial charge in [0.2, 0.25) is 5.91 Å². The lowest BCUT2D eigenvalue weighted by atomic mass is 10.1. The molecule has 0 radical (unpaired) electrons. The van der Waals surface area contributed by atoms with Gasteiger partial charge in [-0.1, -0.05) is 24.3 Å². The number of piperazine rings is 1. The van der Waals surface area contributed by atoms with E-state index < -0.39 is 0 Å². The zero-order chi connectivity index (χ0) is 18.8. The van der Waals surface area contributed by atoms with Gasteiger partial charge in [0.05, 0.1) is 0 Å². The van der Waals surface area contributed by atoms with Gasteiger partial charge in [-0.2, -0.15) is 0 Å². The Bertz CT molecular complexity index is 802. The van der Waals surface area contributed by atoms with Crippen molar-refractivity contribution in [3.8, 4) is 0 Å². The molecule has 1 saturated carbocycles. The Kier molecular flexibility index (Phi) is 5.07. The maximum atomic E-state index is 13.8. The first-order chi connectivity index (χ1) is 13.1. The number of carbonyl (C=O) groups is 1. The number of rotatable bonds is 5. The predicted octanol–water partition coefficient (Wildman–Crippen LogP) is 2.39. The van der Waals surface area contributed by atoms with Gasteiger partial charge in [-0.15, -0.1) is 0 Å². The molecule has 2 atom stereocenters. The largest absolute Gasteiger partial charge is 0.354 e. The average Bonchev–Trinajstić information content (AvgIpc) is 3.48. The van der Waals surface area contributed by atoms with E-state index in [0.717, 1.165) is 37.6 Å². The molecule has 0 bridgehead atoms. The molecular weight excluding hydrogens is 343 g/mol. The Morgan fingerprint density at radius 3 is 2.67 bits per heavy atom. The molecular formula is C21H25FN4O. The summed E-state index contributed by atoms with van der Waals surface area (Å²) in [7, 11) is 2.13. The van der Waals surface area contributed by atoms with E-state index >= 15 is 0 Å². The van der Waals surface area contributed by atoms with Crippen molar-refractivity contribution in [3.05, 3.63) is 59.5 Å². The summed E-state index contributed by atoms with van der Waals surface area (Å²) in [5.41, 5.74) is 1.63. The summed E-state index contributed by atoms with van der Waals surface area (Å²) in [6, 6.07) is 10.8. The molecule has 2 fully saturated rings. The van der Waals surface area contributed by atoms with Gasteiger partial charge in [0.1, 0.15) is 11.6 Å². The summed E-state index contributed by atoms with van der Waals surface area (Å²) in [5, 5.41) is 2.96. The minimum atomic E-state index is -0.221. The molecule has 0 spiro atoms.